The van der Waals surface area contributed by atoms with Crippen LogP contribution in [0.15, 0.2) is 35.1 Å². The highest BCUT2D eigenvalue weighted by molar-refractivity contribution is 6.40. The number of carbonyl (C=O) groups is 3. The van der Waals surface area contributed by atoms with Crippen molar-refractivity contribution in [2.45, 2.75) is 37.7 Å². The number of hydrogen-bond donors (Lipinski definition) is 2. The van der Waals surface area contributed by atoms with Crippen molar-refractivity contribution < 1.29 is 19.1 Å². The number of allylic oxidation sites excluding steroid dienone is 1. The molecular weight excluding hydrogens is 405 g/mol. The van der Waals surface area contributed by atoms with Crippen molar-refractivity contribution in [3.05, 3.63) is 40.6 Å². The molecule has 1 fully saturated rings. The number of hydrazone groups is 1. The van der Waals surface area contributed by atoms with Gasteiger partial charge in [0.25, 0.3) is 0 Å². The van der Waals surface area contributed by atoms with Gasteiger partial charge in [0, 0.05) is 16.1 Å². The number of ketones is 1. The Morgan fingerprint density at radius 3 is 2.86 bits per heavy atom. The van der Waals surface area contributed by atoms with Crippen molar-refractivity contribution in [2.75, 3.05) is 5.32 Å². The molecular formula is C19H19Cl2N3O4. The molecule has 1 aliphatic heterocycles. The number of rotatable bonds is 3. The van der Waals surface area contributed by atoms with Crippen LogP contribution in [-0.2, 0) is 19.1 Å². The normalized spacial score (nSPS) is 24.2. The van der Waals surface area contributed by atoms with E-state index >= 15 is 0 Å². The summed E-state index contributed by atoms with van der Waals surface area (Å²) in [7, 11) is 0. The summed E-state index contributed by atoms with van der Waals surface area (Å²) in [6.45, 7) is 1.72. The number of carbonyl (C=O) groups excluding carboxylic acids is 3. The minimum absolute atomic E-state index is 0.0524. The predicted molar refractivity (Wildman–Crippen MR) is 106 cm³/mol. The van der Waals surface area contributed by atoms with Crippen LogP contribution in [0.3, 0.4) is 0 Å². The van der Waals surface area contributed by atoms with Gasteiger partial charge in [0.05, 0.1) is 24.0 Å². The van der Waals surface area contributed by atoms with Crippen molar-refractivity contribution in [1.29, 1.82) is 0 Å². The van der Waals surface area contributed by atoms with Gasteiger partial charge < -0.3 is 10.1 Å². The molecule has 148 valence electrons. The van der Waals surface area contributed by atoms with Crippen molar-refractivity contribution in [1.82, 2.24) is 5.43 Å². The van der Waals surface area contributed by atoms with E-state index in [1.165, 1.54) is 12.5 Å². The maximum atomic E-state index is 12.5. The van der Waals surface area contributed by atoms with E-state index in [0.29, 0.717) is 22.7 Å². The molecule has 9 heteroatoms. The van der Waals surface area contributed by atoms with E-state index in [1.807, 2.05) is 0 Å². The molecule has 2 amide bonds. The molecule has 1 saturated carbocycles. The van der Waals surface area contributed by atoms with Gasteiger partial charge in [0.1, 0.15) is 6.10 Å². The molecule has 1 aliphatic carbocycles. The molecule has 1 heterocycles. The highest BCUT2D eigenvalue weighted by atomic mass is 35.5. The monoisotopic (exact) mass is 423 g/mol. The fourth-order valence-electron chi connectivity index (χ4n) is 3.19. The van der Waals surface area contributed by atoms with E-state index in [4.69, 9.17) is 27.9 Å². The molecule has 1 aromatic carbocycles. The second kappa shape index (κ2) is 8.75. The Hall–Kier alpha value is -2.38. The van der Waals surface area contributed by atoms with Gasteiger partial charge in [-0.3, -0.25) is 14.4 Å². The molecule has 28 heavy (non-hydrogen) atoms. The number of ether oxygens (including phenoxy) is 1. The van der Waals surface area contributed by atoms with Crippen LogP contribution in [0.2, 0.25) is 5.02 Å². The van der Waals surface area contributed by atoms with E-state index in [-0.39, 0.29) is 28.8 Å². The number of hydrogen-bond acceptors (Lipinski definition) is 5. The zero-order chi connectivity index (χ0) is 20.3. The fraction of sp³-hybridized carbons (Fsp3) is 0.368. The third-order valence-electron chi connectivity index (χ3n) is 4.81. The summed E-state index contributed by atoms with van der Waals surface area (Å²) in [5, 5.41) is 6.57. The molecule has 2 N–H and O–H groups in total. The number of alkyl halides is 1. The summed E-state index contributed by atoms with van der Waals surface area (Å²) in [5.74, 6) is -2.32. The van der Waals surface area contributed by atoms with Gasteiger partial charge in [-0.1, -0.05) is 17.7 Å². The number of anilines is 1. The Kier molecular flexibility index (Phi) is 6.36. The Bertz CT molecular complexity index is 869. The highest BCUT2D eigenvalue weighted by Crippen LogP contribution is 2.34. The van der Waals surface area contributed by atoms with E-state index in [0.717, 1.165) is 12.8 Å². The Morgan fingerprint density at radius 2 is 2.07 bits per heavy atom. The first-order chi connectivity index (χ1) is 13.4. The summed E-state index contributed by atoms with van der Waals surface area (Å²) in [5.41, 5.74) is 3.38. The Labute approximate surface area is 172 Å². The van der Waals surface area contributed by atoms with Gasteiger partial charge in [-0.05, 0) is 43.9 Å². The SMILES string of the molecule is Cc1c(Cl)cccc1NC(=O)C(=O)N/N=C/C1=COC2CCC(Cl)CC2C1=O. The molecule has 0 radical (unpaired) electrons. The predicted octanol–water partition coefficient (Wildman–Crippen LogP) is 2.95. The van der Waals surface area contributed by atoms with Gasteiger partial charge in [0.15, 0.2) is 5.78 Å². The Morgan fingerprint density at radius 1 is 1.29 bits per heavy atom. The average Bonchev–Trinajstić information content (AvgIpc) is 2.67. The quantitative estimate of drug-likeness (QED) is 0.338. The highest BCUT2D eigenvalue weighted by Gasteiger charge is 2.39. The van der Waals surface area contributed by atoms with E-state index < -0.39 is 11.8 Å². The van der Waals surface area contributed by atoms with Crippen LogP contribution in [0.1, 0.15) is 24.8 Å². The molecule has 2 aliphatic rings. The van der Waals surface area contributed by atoms with Gasteiger partial charge in [0.2, 0.25) is 0 Å². The lowest BCUT2D eigenvalue weighted by atomic mass is 9.80. The van der Waals surface area contributed by atoms with Gasteiger partial charge >= 0.3 is 11.8 Å². The molecule has 0 bridgehead atoms. The molecule has 3 atom stereocenters. The Balaban J connectivity index is 1.57. The maximum Gasteiger partial charge on any atom is 0.329 e. The van der Waals surface area contributed by atoms with Crippen LogP contribution in [0.5, 0.6) is 0 Å². The first-order valence-corrected chi connectivity index (χ1v) is 9.61. The molecule has 7 nitrogen and oxygen atoms in total. The largest absolute Gasteiger partial charge is 0.496 e. The average molecular weight is 424 g/mol. The zero-order valence-corrected chi connectivity index (χ0v) is 16.6. The lowest BCUT2D eigenvalue weighted by Gasteiger charge is -2.35. The van der Waals surface area contributed by atoms with Crippen LogP contribution in [0, 0.1) is 12.8 Å². The van der Waals surface area contributed by atoms with Crippen molar-refractivity contribution in [2.24, 2.45) is 11.0 Å². The van der Waals surface area contributed by atoms with E-state index in [2.05, 4.69) is 15.8 Å². The summed E-state index contributed by atoms with van der Waals surface area (Å²) in [6, 6.07) is 4.96. The molecule has 1 aromatic rings. The first kappa shape index (κ1) is 20.4. The minimum atomic E-state index is -0.975. The topological polar surface area (TPSA) is 96.9 Å². The van der Waals surface area contributed by atoms with Crippen LogP contribution in [0.25, 0.3) is 0 Å². The summed E-state index contributed by atoms with van der Waals surface area (Å²) in [6.07, 6.45) is 4.43. The lowest BCUT2D eigenvalue weighted by Crippen LogP contribution is -2.40. The number of nitrogens with one attached hydrogen (secondary N) is 2. The molecule has 0 aromatic heterocycles. The maximum absolute atomic E-state index is 12.5. The standard InChI is InChI=1S/C19H19Cl2N3O4/c1-10-14(21)3-2-4-15(10)23-18(26)19(27)24-22-8-11-9-28-16-6-5-12(20)7-13(16)17(11)25/h2-4,8-9,12-13,16H,5-7H2,1H3,(H,23,26)(H,24,27)/b22-8+. The number of nitrogens with zero attached hydrogens (tertiary/aromatic N) is 1. The lowest BCUT2D eigenvalue weighted by molar-refractivity contribution is -0.136. The zero-order valence-electron chi connectivity index (χ0n) is 15.1. The fourth-order valence-corrected chi connectivity index (χ4v) is 3.68. The molecule has 3 rings (SSSR count). The van der Waals surface area contributed by atoms with Crippen LogP contribution >= 0.6 is 23.2 Å². The molecule has 3 unspecified atom stereocenters. The number of fused-ring (bicyclic) bond motifs is 1. The molecule has 0 spiro atoms. The smallest absolute Gasteiger partial charge is 0.329 e. The van der Waals surface area contributed by atoms with Gasteiger partial charge in [-0.2, -0.15) is 5.10 Å². The van der Waals surface area contributed by atoms with Gasteiger partial charge in [-0.15, -0.1) is 11.6 Å². The third-order valence-corrected chi connectivity index (χ3v) is 5.61. The first-order valence-electron chi connectivity index (χ1n) is 8.80. The van der Waals surface area contributed by atoms with Crippen molar-refractivity contribution in [3.63, 3.8) is 0 Å². The van der Waals surface area contributed by atoms with E-state index in [9.17, 15) is 14.4 Å². The second-order valence-corrected chi connectivity index (χ2v) is 7.72. The van der Waals surface area contributed by atoms with Crippen LogP contribution < -0.4 is 10.7 Å². The van der Waals surface area contributed by atoms with Crippen molar-refractivity contribution >= 4 is 52.7 Å². The van der Waals surface area contributed by atoms with E-state index in [1.54, 1.807) is 25.1 Å². The molecule has 0 saturated heterocycles. The summed E-state index contributed by atoms with van der Waals surface area (Å²) in [4.78, 5) is 36.4. The summed E-state index contributed by atoms with van der Waals surface area (Å²) < 4.78 is 5.58. The van der Waals surface area contributed by atoms with Crippen LogP contribution in [0.4, 0.5) is 5.69 Å². The minimum Gasteiger partial charge on any atom is -0.496 e. The number of amides is 2. The number of benzene rings is 1. The number of Topliss-reactive ketones (excluding diaryl/α,β-unsaturated/α-hetero) is 1. The number of halogens is 2. The second-order valence-electron chi connectivity index (χ2n) is 6.69. The third kappa shape index (κ3) is 4.54. The summed E-state index contributed by atoms with van der Waals surface area (Å²) >= 11 is 12.1. The van der Waals surface area contributed by atoms with Gasteiger partial charge in [-0.25, -0.2) is 5.43 Å². The van der Waals surface area contributed by atoms with Crippen molar-refractivity contribution in [3.8, 4) is 0 Å². The van der Waals surface area contributed by atoms with Crippen LogP contribution in [-0.4, -0.2) is 35.3 Å².